The smallest absolute Gasteiger partial charge is 0.410 e. The number of methoxy groups -OCH3 is 1. The van der Waals surface area contributed by atoms with Crippen LogP contribution < -0.4 is 36.7 Å². The summed E-state index contributed by atoms with van der Waals surface area (Å²) in [7, 11) is 7.55. The lowest BCUT2D eigenvalue weighted by molar-refractivity contribution is -0.197. The molecule has 7 N–H and O–H groups in total. The van der Waals surface area contributed by atoms with Gasteiger partial charge in [0.2, 0.25) is 47.3 Å². The number of nitrogens with one attached hydrogen (secondary N) is 6. The number of hydrogen-bond acceptors (Lipinski definition) is 20. The molecule has 109 heavy (non-hydrogen) atoms. The molecule has 28 nitrogen and oxygen atoms in total. The van der Waals surface area contributed by atoms with E-state index in [1.807, 2.05) is 71.9 Å². The second-order valence-corrected chi connectivity index (χ2v) is 33.3. The average molecular weight is 1550 g/mol. The number of fused-ring (bicyclic) bond motifs is 1. The van der Waals surface area contributed by atoms with Gasteiger partial charge in [-0.3, -0.25) is 52.8 Å². The summed E-state index contributed by atoms with van der Waals surface area (Å²) in [5.41, 5.74) is 6.93. The zero-order valence-electron chi connectivity index (χ0n) is 66.1. The fraction of sp³-hybridized carbons (Fsp3) is 0.608. The van der Waals surface area contributed by atoms with Crippen molar-refractivity contribution in [3.63, 3.8) is 0 Å². The van der Waals surface area contributed by atoms with Gasteiger partial charge in [-0.2, -0.15) is 5.10 Å². The lowest BCUT2D eigenvalue weighted by Crippen LogP contribution is -2.58. The van der Waals surface area contributed by atoms with E-state index in [1.165, 1.54) is 47.6 Å². The van der Waals surface area contributed by atoms with Crippen LogP contribution in [-0.2, 0) is 80.1 Å². The third-order valence-electron chi connectivity index (χ3n) is 20.0. The Morgan fingerprint density at radius 2 is 1.39 bits per heavy atom. The summed E-state index contributed by atoms with van der Waals surface area (Å²) in [5, 5.41) is 30.1. The van der Waals surface area contributed by atoms with Crippen LogP contribution in [0.25, 0.3) is 0 Å². The molecule has 0 saturated carbocycles. The third kappa shape index (κ3) is 26.3. The van der Waals surface area contributed by atoms with Gasteiger partial charge in [-0.25, -0.2) is 15.0 Å². The van der Waals surface area contributed by atoms with E-state index in [4.69, 9.17) is 19.0 Å². The number of aliphatic hydroxyl groups excluding tert-OH is 1. The first kappa shape index (κ1) is 89.3. The Hall–Kier alpha value is -8.61. The number of aliphatic hydroxyl groups is 1. The number of carbonyl (C=O) groups excluding carboxylic acids is 12. The van der Waals surface area contributed by atoms with Gasteiger partial charge in [0.05, 0.1) is 48.9 Å². The highest BCUT2D eigenvalue weighted by Crippen LogP contribution is 2.39. The van der Waals surface area contributed by atoms with Crippen molar-refractivity contribution in [2.24, 2.45) is 34.7 Å². The lowest BCUT2D eigenvalue weighted by Gasteiger charge is -2.38. The van der Waals surface area contributed by atoms with Gasteiger partial charge in [-0.05, 0) is 137 Å². The fourth-order valence-corrected chi connectivity index (χ4v) is 16.0. The van der Waals surface area contributed by atoms with Crippen molar-refractivity contribution >= 4 is 104 Å². The number of benzene rings is 3. The topological polar surface area (TPSA) is 359 Å². The molecule has 3 aliphatic rings. The number of hydrazone groups is 1. The Morgan fingerprint density at radius 1 is 0.725 bits per heavy atom. The van der Waals surface area contributed by atoms with Crippen LogP contribution in [0.1, 0.15) is 195 Å². The fourth-order valence-electron chi connectivity index (χ4n) is 13.5. The molecule has 0 spiro atoms. The lowest BCUT2D eigenvalue weighted by atomic mass is 9.91. The summed E-state index contributed by atoms with van der Waals surface area (Å²) >= 11 is 0. The maximum Gasteiger partial charge on any atom is 0.410 e. The van der Waals surface area contributed by atoms with Crippen LogP contribution in [0.4, 0.5) is 10.5 Å². The molecule has 0 radical (unpaired) electrons. The number of imide groups is 1. The van der Waals surface area contributed by atoms with Crippen LogP contribution in [-0.4, -0.2) is 195 Å². The zero-order chi connectivity index (χ0) is 80.6. The van der Waals surface area contributed by atoms with E-state index in [0.29, 0.717) is 78.4 Å². The van der Waals surface area contributed by atoms with E-state index in [0.717, 1.165) is 23.3 Å². The number of hydroxylamine groups is 2. The van der Waals surface area contributed by atoms with Crippen molar-refractivity contribution in [3.8, 4) is 5.75 Å². The van der Waals surface area contributed by atoms with Gasteiger partial charge in [0.1, 0.15) is 36.5 Å². The molecular weight excluding hydrogens is 1440 g/mol. The first-order valence-corrected chi connectivity index (χ1v) is 40.2. The number of hydrogen-bond donors (Lipinski definition) is 7. The van der Waals surface area contributed by atoms with Gasteiger partial charge in [0, 0.05) is 87.6 Å². The van der Waals surface area contributed by atoms with Gasteiger partial charge in [0.25, 0.3) is 11.8 Å². The van der Waals surface area contributed by atoms with Crippen molar-refractivity contribution in [1.82, 2.24) is 46.5 Å². The molecule has 0 unspecified atom stereocenters. The normalized spacial score (nSPS) is 17.4. The van der Waals surface area contributed by atoms with E-state index in [9.17, 15) is 62.6 Å². The molecule has 1 aliphatic carbocycles. The van der Waals surface area contributed by atoms with Crippen LogP contribution >= 0.6 is 21.6 Å². The molecule has 30 heteroatoms. The number of likely N-dealkylation sites (tertiary alicyclic amines) is 1. The number of nitrogens with zero attached hydrogens (tertiary/aromatic N) is 5. The zero-order valence-corrected chi connectivity index (χ0v) is 67.7. The third-order valence-corrected chi connectivity index (χ3v) is 23.3. The van der Waals surface area contributed by atoms with Gasteiger partial charge in [0.15, 0.2) is 0 Å². The summed E-state index contributed by atoms with van der Waals surface area (Å²) < 4.78 is 16.9. The van der Waals surface area contributed by atoms with Crippen LogP contribution in [0.2, 0.25) is 0 Å². The number of ether oxygens (including phenoxy) is 3. The van der Waals surface area contributed by atoms with Crippen LogP contribution in [0.15, 0.2) is 77.9 Å². The standard InChI is InChI=1S/C79H115N11O17S2/c1-17-49(8)60(35-36-64(93)89-40-21-25-61(89)72(104-16)50(9)73(98)80-51(10)71(97)54-23-19-18-20-24-54)87(14)77(102)69(47(4)5)84-76(101)70(48(6)7)88(15)78(103)106-45-53-27-30-56(31-28-53)82-74(99)52(11)81-75(100)68(46(2)3)83-62(91)39-42-108-109-79(12,13)44-63(92)86-85-59-34-29-55-43-57(32-33-58(55)59)105-41-22-26-67(96)107-90-65(94)37-38-66(90)95/h18-20,23-24,27-28,30-33,43,46-52,60-61,68-72,97H,17,21-22,25-26,29,34-42,44-45H2,1-16H3,(H,80,98)(H,81,100)(H,82,99)(H,83,91)(H,84,101)(H,86,92)/b85-59+/t49-,50+,51+,52-,60+,61-,68-,69-,70-,71+,72+/m0/s1. The van der Waals surface area contributed by atoms with Crippen molar-refractivity contribution in [1.29, 1.82) is 0 Å². The molecular formula is C79H115N11O17S2. The van der Waals surface area contributed by atoms with Gasteiger partial charge in [-0.15, -0.1) is 5.06 Å². The van der Waals surface area contributed by atoms with Crippen molar-refractivity contribution < 1.29 is 81.7 Å². The minimum Gasteiger partial charge on any atom is -0.494 e. The number of likely N-dealkylation sites (N-methyl/N-ethyl adjacent to an activating group) is 2. The monoisotopic (exact) mass is 1550 g/mol. The molecule has 6 rings (SSSR count). The Balaban J connectivity index is 0.898. The molecule has 3 aromatic carbocycles. The summed E-state index contributed by atoms with van der Waals surface area (Å²) in [4.78, 5) is 169. The van der Waals surface area contributed by atoms with E-state index in [-0.39, 0.29) is 111 Å². The highest BCUT2D eigenvalue weighted by atomic mass is 33.1. The quantitative estimate of drug-likeness (QED) is 0.0121. The molecule has 2 saturated heterocycles. The van der Waals surface area contributed by atoms with Gasteiger partial charge < -0.3 is 60.5 Å². The van der Waals surface area contributed by atoms with Gasteiger partial charge >= 0.3 is 12.1 Å². The summed E-state index contributed by atoms with van der Waals surface area (Å²) in [5.74, 6) is -5.60. The minimum atomic E-state index is -1.04. The summed E-state index contributed by atoms with van der Waals surface area (Å²) in [6, 6.07) is 15.8. The summed E-state index contributed by atoms with van der Waals surface area (Å²) in [6.07, 6.45) is 2.04. The molecule has 11 amide bonds. The first-order chi connectivity index (χ1) is 51.6. The van der Waals surface area contributed by atoms with Gasteiger partial charge in [-0.1, -0.05) is 133 Å². The maximum atomic E-state index is 14.6. The van der Waals surface area contributed by atoms with E-state index in [1.54, 1.807) is 101 Å². The highest BCUT2D eigenvalue weighted by molar-refractivity contribution is 8.77. The number of anilines is 1. The van der Waals surface area contributed by atoms with E-state index in [2.05, 4.69) is 37.1 Å². The van der Waals surface area contributed by atoms with E-state index < -0.39 is 101 Å². The first-order valence-electron chi connectivity index (χ1n) is 37.9. The SMILES string of the molecule is CC[C@H](C)[C@@H](CCC(=O)N1CCC[C@H]1[C@H](OC)[C@@H](C)C(=O)N[C@H](C)[C@@H](O)c1ccccc1)N(C)C(=O)[C@@H](NC(=O)[C@H](C(C)C)N(C)C(=O)OCc1ccc(NC(=O)[C@H](C)NC(=O)[C@@H](NC(=O)CCSSC(C)(C)CC(=O)N/N=C2\CCc3cc(OCCCC(=O)ON4C(=O)CCC4=O)ccc32)C(C)C)cc1)C(C)C. The van der Waals surface area contributed by atoms with E-state index >= 15 is 0 Å². The molecule has 2 aliphatic heterocycles. The molecule has 11 atom stereocenters. The molecule has 0 aromatic heterocycles. The Bertz CT molecular complexity index is 3660. The molecule has 600 valence electrons. The molecule has 2 heterocycles. The predicted molar refractivity (Wildman–Crippen MR) is 416 cm³/mol. The predicted octanol–water partition coefficient (Wildman–Crippen LogP) is 8.71. The maximum absolute atomic E-state index is 14.6. The second kappa shape index (κ2) is 42.5. The van der Waals surface area contributed by atoms with Crippen molar-refractivity contribution in [2.75, 3.05) is 45.4 Å². The largest absolute Gasteiger partial charge is 0.494 e. The van der Waals surface area contributed by atoms with Crippen LogP contribution in [0.3, 0.4) is 0 Å². The number of aryl methyl sites for hydroxylation is 1. The Morgan fingerprint density at radius 3 is 2.03 bits per heavy atom. The second-order valence-electron chi connectivity index (χ2n) is 30.2. The van der Waals surface area contributed by atoms with Crippen molar-refractivity contribution in [2.45, 2.75) is 239 Å². The van der Waals surface area contributed by atoms with Crippen molar-refractivity contribution in [3.05, 3.63) is 95.1 Å². The minimum absolute atomic E-state index is 0.0214. The Kier molecular flexibility index (Phi) is 34.8. The molecule has 0 bridgehead atoms. The summed E-state index contributed by atoms with van der Waals surface area (Å²) in [6.45, 7) is 24.2. The highest BCUT2D eigenvalue weighted by Gasteiger charge is 2.43. The number of amides is 11. The van der Waals surface area contributed by atoms with Crippen LogP contribution in [0, 0.1) is 29.6 Å². The average Bonchev–Trinajstić information content (AvgIpc) is 1.75. The molecule has 2 fully saturated rings. The number of carbonyl (C=O) groups is 12. The molecule has 3 aromatic rings. The Labute approximate surface area is 649 Å². The van der Waals surface area contributed by atoms with Crippen LogP contribution in [0.5, 0.6) is 5.75 Å². The number of rotatable bonds is 41.